The summed E-state index contributed by atoms with van der Waals surface area (Å²) in [5.41, 5.74) is 2.03. The summed E-state index contributed by atoms with van der Waals surface area (Å²) in [6.07, 6.45) is 0.768. The molecule has 17 heavy (non-hydrogen) atoms. The standard InChI is InChI=1S/C14H18O3/c1-11(10-17-2)13(8-9-15)14(16)12-6-4-3-5-7-12/h3-8,14-16H,1,9-10H2,2H3/b13-8-. The molecule has 92 valence electrons. The number of hydrogen-bond donors (Lipinski definition) is 2. The van der Waals surface area contributed by atoms with Gasteiger partial charge in [-0.15, -0.1) is 0 Å². The second-order valence-electron chi connectivity index (χ2n) is 3.69. The quantitative estimate of drug-likeness (QED) is 0.738. The van der Waals surface area contributed by atoms with Gasteiger partial charge in [-0.3, -0.25) is 0 Å². The van der Waals surface area contributed by atoms with Crippen LogP contribution in [0.3, 0.4) is 0 Å². The van der Waals surface area contributed by atoms with Crippen molar-refractivity contribution < 1.29 is 14.9 Å². The normalized spacial score (nSPS) is 13.5. The third kappa shape index (κ3) is 3.82. The molecule has 0 fully saturated rings. The van der Waals surface area contributed by atoms with Crippen LogP contribution in [-0.2, 0) is 4.74 Å². The molecule has 0 spiro atoms. The first kappa shape index (κ1) is 13.6. The molecule has 0 aliphatic rings. The molecule has 1 aromatic carbocycles. The number of hydrogen-bond acceptors (Lipinski definition) is 3. The molecule has 1 aromatic rings. The van der Waals surface area contributed by atoms with Crippen LogP contribution in [0, 0.1) is 0 Å². The molecular weight excluding hydrogens is 216 g/mol. The van der Waals surface area contributed by atoms with Crippen molar-refractivity contribution in [2.45, 2.75) is 6.10 Å². The molecule has 0 bridgehead atoms. The largest absolute Gasteiger partial charge is 0.392 e. The average Bonchev–Trinajstić information content (AvgIpc) is 2.36. The third-order valence-electron chi connectivity index (χ3n) is 2.45. The number of rotatable bonds is 6. The van der Waals surface area contributed by atoms with Gasteiger partial charge >= 0.3 is 0 Å². The van der Waals surface area contributed by atoms with E-state index >= 15 is 0 Å². The molecule has 1 rings (SSSR count). The fraction of sp³-hybridized carbons (Fsp3) is 0.286. The second-order valence-corrected chi connectivity index (χ2v) is 3.69. The van der Waals surface area contributed by atoms with E-state index in [0.29, 0.717) is 17.8 Å². The molecule has 0 saturated carbocycles. The summed E-state index contributed by atoms with van der Waals surface area (Å²) in [5, 5.41) is 19.2. The number of ether oxygens (including phenoxy) is 1. The van der Waals surface area contributed by atoms with E-state index in [1.165, 1.54) is 0 Å². The summed E-state index contributed by atoms with van der Waals surface area (Å²) in [4.78, 5) is 0. The lowest BCUT2D eigenvalue weighted by atomic mass is 9.96. The molecular formula is C14H18O3. The Morgan fingerprint density at radius 1 is 1.41 bits per heavy atom. The molecule has 0 aliphatic carbocycles. The zero-order valence-corrected chi connectivity index (χ0v) is 9.97. The van der Waals surface area contributed by atoms with Gasteiger partial charge in [0.25, 0.3) is 0 Å². The van der Waals surface area contributed by atoms with Gasteiger partial charge in [0.15, 0.2) is 0 Å². The first-order chi connectivity index (χ1) is 8.20. The molecule has 0 heterocycles. The van der Waals surface area contributed by atoms with Crippen molar-refractivity contribution in [3.05, 3.63) is 59.7 Å². The molecule has 3 heteroatoms. The summed E-state index contributed by atoms with van der Waals surface area (Å²) >= 11 is 0. The van der Waals surface area contributed by atoms with E-state index in [4.69, 9.17) is 9.84 Å². The Morgan fingerprint density at radius 2 is 2.06 bits per heavy atom. The van der Waals surface area contributed by atoms with Crippen LogP contribution in [0.4, 0.5) is 0 Å². The van der Waals surface area contributed by atoms with Crippen molar-refractivity contribution in [1.82, 2.24) is 0 Å². The highest BCUT2D eigenvalue weighted by Gasteiger charge is 2.15. The Balaban J connectivity index is 2.92. The minimum atomic E-state index is -0.786. The summed E-state index contributed by atoms with van der Waals surface area (Å²) in [6, 6.07) is 9.25. The molecule has 1 unspecified atom stereocenters. The van der Waals surface area contributed by atoms with Gasteiger partial charge in [0.1, 0.15) is 6.10 Å². The van der Waals surface area contributed by atoms with Crippen molar-refractivity contribution >= 4 is 0 Å². The Morgan fingerprint density at radius 3 is 2.59 bits per heavy atom. The molecule has 0 aliphatic heterocycles. The predicted octanol–water partition coefficient (Wildman–Crippen LogP) is 1.84. The highest BCUT2D eigenvalue weighted by atomic mass is 16.5. The van der Waals surface area contributed by atoms with Crippen LogP contribution in [0.25, 0.3) is 0 Å². The summed E-state index contributed by atoms with van der Waals surface area (Å²) in [5.74, 6) is 0. The smallest absolute Gasteiger partial charge is 0.104 e. The van der Waals surface area contributed by atoms with E-state index in [-0.39, 0.29) is 6.61 Å². The molecule has 0 saturated heterocycles. The summed E-state index contributed by atoms with van der Waals surface area (Å²) in [7, 11) is 1.57. The van der Waals surface area contributed by atoms with E-state index in [9.17, 15) is 5.11 Å². The van der Waals surface area contributed by atoms with Crippen molar-refractivity contribution in [3.8, 4) is 0 Å². The molecule has 3 nitrogen and oxygen atoms in total. The van der Waals surface area contributed by atoms with Gasteiger partial charge in [-0.2, -0.15) is 0 Å². The zero-order valence-electron chi connectivity index (χ0n) is 9.97. The van der Waals surface area contributed by atoms with Crippen LogP contribution in [0.2, 0.25) is 0 Å². The first-order valence-corrected chi connectivity index (χ1v) is 5.41. The zero-order chi connectivity index (χ0) is 12.7. The fourth-order valence-corrected chi connectivity index (χ4v) is 1.62. The molecule has 0 aromatic heterocycles. The topological polar surface area (TPSA) is 49.7 Å². The summed E-state index contributed by atoms with van der Waals surface area (Å²) < 4.78 is 4.98. The molecule has 0 radical (unpaired) electrons. The number of aliphatic hydroxyl groups excluding tert-OH is 2. The maximum Gasteiger partial charge on any atom is 0.104 e. The third-order valence-corrected chi connectivity index (χ3v) is 2.45. The van der Waals surface area contributed by atoms with E-state index in [2.05, 4.69) is 6.58 Å². The van der Waals surface area contributed by atoms with Crippen LogP contribution in [0.15, 0.2) is 54.1 Å². The highest BCUT2D eigenvalue weighted by Crippen LogP contribution is 2.26. The lowest BCUT2D eigenvalue weighted by Gasteiger charge is -2.17. The van der Waals surface area contributed by atoms with Crippen molar-refractivity contribution in [1.29, 1.82) is 0 Å². The van der Waals surface area contributed by atoms with Crippen LogP contribution in [-0.4, -0.2) is 30.5 Å². The average molecular weight is 234 g/mol. The Labute approximate surface area is 102 Å². The van der Waals surface area contributed by atoms with Gasteiger partial charge in [0.05, 0.1) is 13.2 Å². The molecule has 1 atom stereocenters. The maximum absolute atomic E-state index is 10.2. The van der Waals surface area contributed by atoms with Crippen LogP contribution >= 0.6 is 0 Å². The highest BCUT2D eigenvalue weighted by molar-refractivity contribution is 5.38. The lowest BCUT2D eigenvalue weighted by Crippen LogP contribution is -2.08. The Bertz CT molecular complexity index is 382. The minimum absolute atomic E-state index is 0.137. The number of benzene rings is 1. The fourth-order valence-electron chi connectivity index (χ4n) is 1.62. The van der Waals surface area contributed by atoms with Gasteiger partial charge in [0.2, 0.25) is 0 Å². The summed E-state index contributed by atoms with van der Waals surface area (Å²) in [6.45, 7) is 4.04. The molecule has 2 N–H and O–H groups in total. The van der Waals surface area contributed by atoms with Gasteiger partial charge in [-0.05, 0) is 16.7 Å². The van der Waals surface area contributed by atoms with Crippen LogP contribution in [0.5, 0.6) is 0 Å². The number of aliphatic hydroxyl groups is 2. The van der Waals surface area contributed by atoms with E-state index in [1.54, 1.807) is 13.2 Å². The Hall–Kier alpha value is -1.42. The van der Waals surface area contributed by atoms with Crippen LogP contribution in [0.1, 0.15) is 11.7 Å². The number of methoxy groups -OCH3 is 1. The van der Waals surface area contributed by atoms with Gasteiger partial charge in [-0.25, -0.2) is 0 Å². The van der Waals surface area contributed by atoms with E-state index < -0.39 is 6.10 Å². The minimum Gasteiger partial charge on any atom is -0.392 e. The Kier molecular flexibility index (Phi) is 5.63. The van der Waals surface area contributed by atoms with E-state index in [0.717, 1.165) is 5.56 Å². The van der Waals surface area contributed by atoms with Gasteiger partial charge in [0, 0.05) is 7.11 Å². The first-order valence-electron chi connectivity index (χ1n) is 5.41. The molecule has 0 amide bonds. The van der Waals surface area contributed by atoms with Gasteiger partial charge in [-0.1, -0.05) is 43.0 Å². The lowest BCUT2D eigenvalue weighted by molar-refractivity contribution is 0.199. The van der Waals surface area contributed by atoms with Crippen molar-refractivity contribution in [2.75, 3.05) is 20.3 Å². The van der Waals surface area contributed by atoms with Crippen LogP contribution < -0.4 is 0 Å². The maximum atomic E-state index is 10.2. The predicted molar refractivity (Wildman–Crippen MR) is 67.6 cm³/mol. The SMILES string of the molecule is C=C(COC)/C(=C/CO)C(O)c1ccccc1. The van der Waals surface area contributed by atoms with Crippen molar-refractivity contribution in [3.63, 3.8) is 0 Å². The van der Waals surface area contributed by atoms with E-state index in [1.807, 2.05) is 30.3 Å². The van der Waals surface area contributed by atoms with Crippen molar-refractivity contribution in [2.24, 2.45) is 0 Å². The van der Waals surface area contributed by atoms with Gasteiger partial charge < -0.3 is 14.9 Å². The monoisotopic (exact) mass is 234 g/mol. The second kappa shape index (κ2) is 7.01.